The topological polar surface area (TPSA) is 21.3 Å². The maximum Gasteiger partial charge on any atom is 0.106 e. The summed E-state index contributed by atoms with van der Waals surface area (Å²) in [4.78, 5) is 0. The molecule has 0 spiro atoms. The summed E-state index contributed by atoms with van der Waals surface area (Å²) in [6.07, 6.45) is 0.321. The van der Waals surface area contributed by atoms with Gasteiger partial charge in [-0.25, -0.2) is 0 Å². The summed E-state index contributed by atoms with van der Waals surface area (Å²) in [7, 11) is 1.93. The van der Waals surface area contributed by atoms with E-state index in [1.807, 2.05) is 14.0 Å². The Kier molecular flexibility index (Phi) is 5.83. The Hall–Kier alpha value is 0.650. The van der Waals surface area contributed by atoms with Gasteiger partial charge in [-0.1, -0.05) is 22.6 Å². The smallest absolute Gasteiger partial charge is 0.106 e. The van der Waals surface area contributed by atoms with Gasteiger partial charge in [0, 0.05) is 6.54 Å². The molecule has 2 nitrogen and oxygen atoms in total. The molecular formula is C6H14INO. The Morgan fingerprint density at radius 2 is 2.11 bits per heavy atom. The predicted molar refractivity (Wildman–Crippen MR) is 48.0 cm³/mol. The van der Waals surface area contributed by atoms with Gasteiger partial charge in [-0.05, 0) is 20.9 Å². The van der Waals surface area contributed by atoms with Gasteiger partial charge in [0.1, 0.15) is 4.11 Å². The van der Waals surface area contributed by atoms with E-state index in [1.54, 1.807) is 0 Å². The highest BCUT2D eigenvalue weighted by Gasteiger charge is 2.02. The lowest BCUT2D eigenvalue weighted by Gasteiger charge is -2.13. The van der Waals surface area contributed by atoms with E-state index in [-0.39, 0.29) is 0 Å². The summed E-state index contributed by atoms with van der Waals surface area (Å²) >= 11 is 2.25. The fourth-order valence-corrected chi connectivity index (χ4v) is 1.16. The van der Waals surface area contributed by atoms with Crippen LogP contribution in [-0.2, 0) is 4.74 Å². The first-order chi connectivity index (χ1) is 4.16. The minimum absolute atomic E-state index is 0.311. The lowest BCUT2D eigenvalue weighted by molar-refractivity contribution is 0.0665. The summed E-state index contributed by atoms with van der Waals surface area (Å²) in [5.74, 6) is 0. The Balaban J connectivity index is 3.15. The van der Waals surface area contributed by atoms with Gasteiger partial charge < -0.3 is 10.1 Å². The number of halogens is 1. The third kappa shape index (κ3) is 6.54. The molecule has 0 saturated heterocycles. The van der Waals surface area contributed by atoms with Crippen LogP contribution in [0.4, 0.5) is 0 Å². The fourth-order valence-electron chi connectivity index (χ4n) is 0.656. The van der Waals surface area contributed by atoms with Gasteiger partial charge in [-0.3, -0.25) is 0 Å². The molecule has 0 heterocycles. The predicted octanol–water partition coefficient (Wildman–Crippen LogP) is 1.39. The van der Waals surface area contributed by atoms with Crippen LogP contribution < -0.4 is 5.32 Å². The number of hydrogen-bond donors (Lipinski definition) is 1. The standard InChI is InChI=1S/C6H14INO/c1-5(4-8-3)9-6(2)7/h5-6,8H,4H2,1-3H3. The molecule has 0 bridgehead atoms. The van der Waals surface area contributed by atoms with Gasteiger partial charge in [0.05, 0.1) is 6.10 Å². The number of rotatable bonds is 4. The molecule has 0 aliphatic rings. The van der Waals surface area contributed by atoms with E-state index in [0.29, 0.717) is 10.2 Å². The Labute approximate surface area is 70.5 Å². The first-order valence-electron chi connectivity index (χ1n) is 3.11. The zero-order chi connectivity index (χ0) is 7.28. The number of likely N-dealkylation sites (N-methyl/N-ethyl adjacent to an activating group) is 1. The van der Waals surface area contributed by atoms with E-state index in [9.17, 15) is 0 Å². The van der Waals surface area contributed by atoms with E-state index in [2.05, 4.69) is 34.8 Å². The van der Waals surface area contributed by atoms with E-state index in [0.717, 1.165) is 6.54 Å². The summed E-state index contributed by atoms with van der Waals surface area (Å²) in [6.45, 7) is 5.02. The molecule has 1 N–H and O–H groups in total. The first-order valence-corrected chi connectivity index (χ1v) is 4.35. The second-order valence-electron chi connectivity index (χ2n) is 2.05. The third-order valence-electron chi connectivity index (χ3n) is 0.911. The van der Waals surface area contributed by atoms with Crippen LogP contribution in [-0.4, -0.2) is 23.8 Å². The number of nitrogens with one attached hydrogen (secondary N) is 1. The monoisotopic (exact) mass is 243 g/mol. The summed E-state index contributed by atoms with van der Waals surface area (Å²) in [5, 5.41) is 3.04. The molecule has 9 heavy (non-hydrogen) atoms. The Morgan fingerprint density at radius 1 is 1.56 bits per heavy atom. The fraction of sp³-hybridized carbons (Fsp3) is 1.00. The molecule has 3 heteroatoms. The minimum Gasteiger partial charge on any atom is -0.364 e. The SMILES string of the molecule is CNCC(C)OC(C)I. The normalized spacial score (nSPS) is 17.3. The van der Waals surface area contributed by atoms with Crippen LogP contribution in [0, 0.1) is 0 Å². The van der Waals surface area contributed by atoms with E-state index >= 15 is 0 Å². The van der Waals surface area contributed by atoms with Crippen molar-refractivity contribution >= 4 is 22.6 Å². The summed E-state index contributed by atoms with van der Waals surface area (Å²) in [5.41, 5.74) is 0. The molecule has 0 fully saturated rings. The van der Waals surface area contributed by atoms with Crippen LogP contribution in [0.15, 0.2) is 0 Å². The van der Waals surface area contributed by atoms with Crippen LogP contribution >= 0.6 is 22.6 Å². The zero-order valence-electron chi connectivity index (χ0n) is 6.15. The number of hydrogen-bond acceptors (Lipinski definition) is 2. The van der Waals surface area contributed by atoms with Crippen LogP contribution in [0.1, 0.15) is 13.8 Å². The van der Waals surface area contributed by atoms with Crippen molar-refractivity contribution in [2.75, 3.05) is 13.6 Å². The van der Waals surface area contributed by atoms with Crippen LogP contribution in [0.25, 0.3) is 0 Å². The van der Waals surface area contributed by atoms with Crippen molar-refractivity contribution in [3.8, 4) is 0 Å². The van der Waals surface area contributed by atoms with Gasteiger partial charge in [0.25, 0.3) is 0 Å². The number of ether oxygens (including phenoxy) is 1. The maximum atomic E-state index is 5.41. The molecule has 0 aromatic carbocycles. The highest BCUT2D eigenvalue weighted by molar-refractivity contribution is 14.1. The van der Waals surface area contributed by atoms with Crippen LogP contribution in [0.3, 0.4) is 0 Å². The van der Waals surface area contributed by atoms with Crippen molar-refractivity contribution in [3.63, 3.8) is 0 Å². The molecule has 2 unspecified atom stereocenters. The van der Waals surface area contributed by atoms with Crippen molar-refractivity contribution in [1.29, 1.82) is 0 Å². The summed E-state index contributed by atoms with van der Waals surface area (Å²) < 4.78 is 5.73. The lowest BCUT2D eigenvalue weighted by atomic mass is 10.4. The van der Waals surface area contributed by atoms with E-state index in [4.69, 9.17) is 4.74 Å². The average molecular weight is 243 g/mol. The minimum atomic E-state index is 0.311. The van der Waals surface area contributed by atoms with Gasteiger partial charge in [-0.2, -0.15) is 0 Å². The van der Waals surface area contributed by atoms with Crippen molar-refractivity contribution in [2.45, 2.75) is 24.1 Å². The van der Waals surface area contributed by atoms with Crippen molar-refractivity contribution in [2.24, 2.45) is 0 Å². The molecule has 0 aliphatic heterocycles. The molecule has 0 saturated carbocycles. The van der Waals surface area contributed by atoms with Gasteiger partial charge in [0.2, 0.25) is 0 Å². The van der Waals surface area contributed by atoms with E-state index < -0.39 is 0 Å². The molecular weight excluding hydrogens is 229 g/mol. The molecule has 2 atom stereocenters. The highest BCUT2D eigenvalue weighted by atomic mass is 127. The zero-order valence-corrected chi connectivity index (χ0v) is 8.31. The molecule has 56 valence electrons. The molecule has 0 rings (SSSR count). The average Bonchev–Trinajstić information content (AvgIpc) is 1.63. The van der Waals surface area contributed by atoms with Gasteiger partial charge in [-0.15, -0.1) is 0 Å². The molecule has 0 aliphatic carbocycles. The Morgan fingerprint density at radius 3 is 2.44 bits per heavy atom. The Bertz CT molecular complexity index is 68.1. The quantitative estimate of drug-likeness (QED) is 0.595. The van der Waals surface area contributed by atoms with Crippen molar-refractivity contribution in [3.05, 3.63) is 0 Å². The maximum absolute atomic E-state index is 5.41. The van der Waals surface area contributed by atoms with E-state index in [1.165, 1.54) is 0 Å². The third-order valence-corrected chi connectivity index (χ3v) is 1.21. The molecule has 0 aromatic heterocycles. The van der Waals surface area contributed by atoms with Crippen LogP contribution in [0.2, 0.25) is 0 Å². The molecule has 0 aromatic rings. The molecule has 0 radical (unpaired) electrons. The largest absolute Gasteiger partial charge is 0.364 e. The highest BCUT2D eigenvalue weighted by Crippen LogP contribution is 2.03. The van der Waals surface area contributed by atoms with Crippen LogP contribution in [0.5, 0.6) is 0 Å². The second kappa shape index (κ2) is 5.44. The van der Waals surface area contributed by atoms with Crippen molar-refractivity contribution in [1.82, 2.24) is 5.32 Å². The first kappa shape index (κ1) is 9.65. The lowest BCUT2D eigenvalue weighted by Crippen LogP contribution is -2.25. The van der Waals surface area contributed by atoms with Gasteiger partial charge >= 0.3 is 0 Å². The van der Waals surface area contributed by atoms with Crippen molar-refractivity contribution < 1.29 is 4.74 Å². The van der Waals surface area contributed by atoms with Gasteiger partial charge in [0.15, 0.2) is 0 Å². The summed E-state index contributed by atoms with van der Waals surface area (Å²) in [6, 6.07) is 0. The molecule has 0 amide bonds. The number of alkyl halides is 1. The second-order valence-corrected chi connectivity index (χ2v) is 3.80.